The molecule has 2 fully saturated rings. The van der Waals surface area contributed by atoms with Gasteiger partial charge >= 0.3 is 0 Å². The zero-order valence-electron chi connectivity index (χ0n) is 14.1. The highest BCUT2D eigenvalue weighted by Gasteiger charge is 2.37. The summed E-state index contributed by atoms with van der Waals surface area (Å²) in [5.41, 5.74) is 0. The minimum absolute atomic E-state index is 0.0259. The first-order valence-corrected chi connectivity index (χ1v) is 8.62. The lowest BCUT2D eigenvalue weighted by atomic mass is 10.1. The van der Waals surface area contributed by atoms with Crippen LogP contribution >= 0.6 is 0 Å². The predicted molar refractivity (Wildman–Crippen MR) is 83.1 cm³/mol. The van der Waals surface area contributed by atoms with Gasteiger partial charge < -0.3 is 13.7 Å². The Hall–Kier alpha value is -1.80. The average Bonchev–Trinajstić information content (AvgIpc) is 3.34. The van der Waals surface area contributed by atoms with Gasteiger partial charge in [-0.3, -0.25) is 4.90 Å². The topological polar surface area (TPSA) is 90.3 Å². The van der Waals surface area contributed by atoms with Crippen molar-refractivity contribution >= 4 is 0 Å². The maximum Gasteiger partial charge on any atom is 0.240 e. The van der Waals surface area contributed by atoms with Gasteiger partial charge in [0, 0.05) is 26.5 Å². The molecule has 1 saturated heterocycles. The highest BCUT2D eigenvalue weighted by atomic mass is 16.5. The zero-order chi connectivity index (χ0) is 16.5. The smallest absolute Gasteiger partial charge is 0.240 e. The number of methoxy groups -OCH3 is 1. The molecule has 2 atom stereocenters. The van der Waals surface area contributed by atoms with Crippen molar-refractivity contribution in [2.24, 2.45) is 0 Å². The summed E-state index contributed by atoms with van der Waals surface area (Å²) in [6.45, 7) is 3.16. The normalized spacial score (nSPS) is 25.8. The van der Waals surface area contributed by atoms with Gasteiger partial charge in [-0.05, 0) is 19.3 Å². The van der Waals surface area contributed by atoms with Crippen molar-refractivity contribution in [1.82, 2.24) is 25.2 Å². The molecule has 0 aromatic carbocycles. The minimum Gasteiger partial charge on any atom is -0.424 e. The summed E-state index contributed by atoms with van der Waals surface area (Å²) >= 11 is 0. The third-order valence-corrected chi connectivity index (χ3v) is 5.07. The quantitative estimate of drug-likeness (QED) is 0.824. The van der Waals surface area contributed by atoms with E-state index in [4.69, 9.17) is 13.7 Å². The van der Waals surface area contributed by atoms with E-state index in [-0.39, 0.29) is 12.1 Å². The second-order valence-electron chi connectivity index (χ2n) is 6.73. The van der Waals surface area contributed by atoms with Crippen molar-refractivity contribution in [3.05, 3.63) is 23.5 Å². The Balaban J connectivity index is 1.49. The van der Waals surface area contributed by atoms with Gasteiger partial charge in [0.25, 0.3) is 0 Å². The Morgan fingerprint density at radius 3 is 2.79 bits per heavy atom. The number of aryl methyl sites for hydroxylation is 1. The van der Waals surface area contributed by atoms with Crippen LogP contribution in [0.1, 0.15) is 67.6 Å². The fraction of sp³-hybridized carbons (Fsp3) is 0.750. The van der Waals surface area contributed by atoms with Crippen LogP contribution in [0.5, 0.6) is 0 Å². The maximum absolute atomic E-state index is 5.63. The Labute approximate surface area is 140 Å². The number of nitrogens with zero attached hydrogens (tertiary/aromatic N) is 5. The summed E-state index contributed by atoms with van der Waals surface area (Å²) in [4.78, 5) is 6.83. The van der Waals surface area contributed by atoms with Crippen molar-refractivity contribution in [2.45, 2.75) is 63.6 Å². The SMILES string of the molecule is CO[C@@H]1C[C@H](c2nnc(C)o2)N(Cc2nc(C3CCCC3)no2)C1. The Morgan fingerprint density at radius 1 is 1.25 bits per heavy atom. The molecule has 2 aliphatic rings. The van der Waals surface area contributed by atoms with Gasteiger partial charge in [-0.15, -0.1) is 10.2 Å². The van der Waals surface area contributed by atoms with Crippen LogP contribution in [-0.4, -0.2) is 45.0 Å². The molecule has 1 saturated carbocycles. The van der Waals surface area contributed by atoms with E-state index in [1.807, 2.05) is 0 Å². The molecular formula is C16H23N5O3. The first-order valence-electron chi connectivity index (χ1n) is 8.62. The molecule has 24 heavy (non-hydrogen) atoms. The lowest BCUT2D eigenvalue weighted by molar-refractivity contribution is 0.105. The van der Waals surface area contributed by atoms with E-state index in [2.05, 4.69) is 25.2 Å². The Kier molecular flexibility index (Phi) is 4.32. The van der Waals surface area contributed by atoms with E-state index < -0.39 is 0 Å². The molecule has 3 heterocycles. The molecule has 0 N–H and O–H groups in total. The molecule has 0 unspecified atom stereocenters. The number of ether oxygens (including phenoxy) is 1. The first kappa shape index (κ1) is 15.7. The molecule has 2 aromatic heterocycles. The van der Waals surface area contributed by atoms with E-state index in [1.165, 1.54) is 25.7 Å². The van der Waals surface area contributed by atoms with Crippen LogP contribution in [0.25, 0.3) is 0 Å². The molecule has 8 nitrogen and oxygen atoms in total. The average molecular weight is 333 g/mol. The van der Waals surface area contributed by atoms with Crippen molar-refractivity contribution in [3.63, 3.8) is 0 Å². The molecule has 0 bridgehead atoms. The molecule has 2 aromatic rings. The highest BCUT2D eigenvalue weighted by molar-refractivity contribution is 5.01. The van der Waals surface area contributed by atoms with E-state index in [0.717, 1.165) is 18.8 Å². The van der Waals surface area contributed by atoms with Gasteiger partial charge in [-0.25, -0.2) is 0 Å². The summed E-state index contributed by atoms with van der Waals surface area (Å²) in [6.07, 6.45) is 5.81. The van der Waals surface area contributed by atoms with Crippen molar-refractivity contribution < 1.29 is 13.7 Å². The molecule has 1 aliphatic heterocycles. The van der Waals surface area contributed by atoms with Gasteiger partial charge in [-0.2, -0.15) is 4.98 Å². The Morgan fingerprint density at radius 2 is 2.08 bits per heavy atom. The van der Waals surface area contributed by atoms with E-state index >= 15 is 0 Å². The zero-order valence-corrected chi connectivity index (χ0v) is 14.1. The van der Waals surface area contributed by atoms with Crippen LogP contribution in [-0.2, 0) is 11.3 Å². The largest absolute Gasteiger partial charge is 0.424 e. The molecular weight excluding hydrogens is 310 g/mol. The van der Waals surface area contributed by atoms with Crippen LogP contribution in [0.2, 0.25) is 0 Å². The van der Waals surface area contributed by atoms with Crippen LogP contribution in [0.4, 0.5) is 0 Å². The van der Waals surface area contributed by atoms with Crippen molar-refractivity contribution in [2.75, 3.05) is 13.7 Å². The van der Waals surface area contributed by atoms with Crippen LogP contribution < -0.4 is 0 Å². The summed E-state index contributed by atoms with van der Waals surface area (Å²) in [5, 5.41) is 12.3. The van der Waals surface area contributed by atoms with E-state index in [1.54, 1.807) is 14.0 Å². The van der Waals surface area contributed by atoms with Crippen molar-refractivity contribution in [3.8, 4) is 0 Å². The number of aromatic nitrogens is 4. The minimum atomic E-state index is 0.0259. The van der Waals surface area contributed by atoms with E-state index in [9.17, 15) is 0 Å². The van der Waals surface area contributed by atoms with Gasteiger partial charge in [-0.1, -0.05) is 18.0 Å². The number of rotatable bonds is 5. The van der Waals surface area contributed by atoms with Gasteiger partial charge in [0.05, 0.1) is 18.7 Å². The van der Waals surface area contributed by atoms with Crippen LogP contribution in [0.3, 0.4) is 0 Å². The van der Waals surface area contributed by atoms with Crippen molar-refractivity contribution in [1.29, 1.82) is 0 Å². The lowest BCUT2D eigenvalue weighted by Crippen LogP contribution is -2.25. The lowest BCUT2D eigenvalue weighted by Gasteiger charge is -2.18. The maximum atomic E-state index is 5.63. The highest BCUT2D eigenvalue weighted by Crippen LogP contribution is 2.35. The molecule has 8 heteroatoms. The second kappa shape index (κ2) is 6.60. The summed E-state index contributed by atoms with van der Waals surface area (Å²) in [6, 6.07) is 0.0259. The number of hydrogen-bond donors (Lipinski definition) is 0. The van der Waals surface area contributed by atoms with Crippen LogP contribution in [0, 0.1) is 6.92 Å². The summed E-state index contributed by atoms with van der Waals surface area (Å²) in [5.74, 6) is 3.17. The summed E-state index contributed by atoms with van der Waals surface area (Å²) in [7, 11) is 1.73. The molecule has 4 rings (SSSR count). The number of likely N-dealkylation sites (tertiary alicyclic amines) is 1. The monoisotopic (exact) mass is 333 g/mol. The van der Waals surface area contributed by atoms with Crippen LogP contribution in [0.15, 0.2) is 8.94 Å². The molecule has 0 amide bonds. The molecule has 1 aliphatic carbocycles. The first-order chi connectivity index (χ1) is 11.7. The standard InChI is InChI=1S/C16H23N5O3/c1-10-18-19-16(23-10)13-7-12(22-2)8-21(13)9-14-17-15(20-24-14)11-5-3-4-6-11/h11-13H,3-9H2,1-2H3/t12-,13-/m1/s1. The van der Waals surface area contributed by atoms with E-state index in [0.29, 0.717) is 30.1 Å². The fourth-order valence-electron chi connectivity index (χ4n) is 3.77. The molecule has 0 radical (unpaired) electrons. The molecule has 130 valence electrons. The predicted octanol–water partition coefficient (Wildman–Crippen LogP) is 2.38. The number of hydrogen-bond acceptors (Lipinski definition) is 8. The fourth-order valence-corrected chi connectivity index (χ4v) is 3.77. The third-order valence-electron chi connectivity index (χ3n) is 5.07. The molecule has 0 spiro atoms. The Bertz CT molecular complexity index is 679. The van der Waals surface area contributed by atoms with Gasteiger partial charge in [0.2, 0.25) is 17.7 Å². The van der Waals surface area contributed by atoms with Gasteiger partial charge in [0.1, 0.15) is 0 Å². The van der Waals surface area contributed by atoms with Gasteiger partial charge in [0.15, 0.2) is 5.82 Å². The summed E-state index contributed by atoms with van der Waals surface area (Å²) < 4.78 is 16.6. The second-order valence-corrected chi connectivity index (χ2v) is 6.73. The third kappa shape index (κ3) is 3.08.